The Hall–Kier alpha value is -1.67. The maximum absolute atomic E-state index is 9.60. The zero-order chi connectivity index (χ0) is 19.9. The van der Waals surface area contributed by atoms with Crippen LogP contribution in [0, 0.1) is 0 Å². The lowest BCUT2D eigenvalue weighted by atomic mass is 10.1. The summed E-state index contributed by atoms with van der Waals surface area (Å²) in [4.78, 5) is 12.8. The minimum absolute atomic E-state index is 0.216. The summed E-state index contributed by atoms with van der Waals surface area (Å²) in [6.45, 7) is 7.68. The van der Waals surface area contributed by atoms with Gasteiger partial charge in [-0.3, -0.25) is 9.80 Å². The highest BCUT2D eigenvalue weighted by atomic mass is 32.1. The molecule has 28 heavy (non-hydrogen) atoms. The number of anilines is 1. The number of nitrogens with zero attached hydrogens (tertiary/aromatic N) is 4. The SMILES string of the molecule is CCOc1ccccc1CN1CCN(Cc2cnc(N(C)C)s2)C[C@H]1CCO. The van der Waals surface area contributed by atoms with Crippen LogP contribution in [0.25, 0.3) is 0 Å². The van der Waals surface area contributed by atoms with Crippen molar-refractivity contribution in [3.8, 4) is 5.75 Å². The normalized spacial score (nSPS) is 18.4. The van der Waals surface area contributed by atoms with E-state index in [4.69, 9.17) is 4.74 Å². The minimum Gasteiger partial charge on any atom is -0.494 e. The molecule has 1 N–H and O–H groups in total. The van der Waals surface area contributed by atoms with Crippen LogP contribution in [0.1, 0.15) is 23.8 Å². The van der Waals surface area contributed by atoms with Gasteiger partial charge in [-0.2, -0.15) is 0 Å². The zero-order valence-electron chi connectivity index (χ0n) is 17.2. The Labute approximate surface area is 172 Å². The molecule has 3 rings (SSSR count). The molecular weight excluding hydrogens is 372 g/mol. The van der Waals surface area contributed by atoms with E-state index in [-0.39, 0.29) is 6.61 Å². The Morgan fingerprint density at radius 2 is 2.07 bits per heavy atom. The highest BCUT2D eigenvalue weighted by Crippen LogP contribution is 2.26. The summed E-state index contributed by atoms with van der Waals surface area (Å²) in [5.41, 5.74) is 1.22. The number of para-hydroxylation sites is 1. The van der Waals surface area contributed by atoms with Crippen molar-refractivity contribution in [3.05, 3.63) is 40.9 Å². The molecular formula is C21H32N4O2S. The van der Waals surface area contributed by atoms with E-state index in [1.165, 1.54) is 10.4 Å². The fourth-order valence-electron chi connectivity index (χ4n) is 3.68. The van der Waals surface area contributed by atoms with Gasteiger partial charge in [0.15, 0.2) is 5.13 Å². The smallest absolute Gasteiger partial charge is 0.185 e. The molecule has 0 unspecified atom stereocenters. The molecule has 1 saturated heterocycles. The first-order valence-electron chi connectivity index (χ1n) is 10.0. The van der Waals surface area contributed by atoms with Crippen molar-refractivity contribution in [1.82, 2.24) is 14.8 Å². The van der Waals surface area contributed by atoms with Crippen molar-refractivity contribution in [2.24, 2.45) is 0 Å². The predicted octanol–water partition coefficient (Wildman–Crippen LogP) is 2.68. The molecule has 0 aliphatic carbocycles. The second kappa shape index (κ2) is 10.2. The first-order chi connectivity index (χ1) is 13.6. The van der Waals surface area contributed by atoms with E-state index in [2.05, 4.69) is 31.8 Å². The molecule has 2 heterocycles. The lowest BCUT2D eigenvalue weighted by Crippen LogP contribution is -2.52. The molecule has 1 aromatic heterocycles. The summed E-state index contributed by atoms with van der Waals surface area (Å²) < 4.78 is 5.80. The first kappa shape index (κ1) is 21.0. The van der Waals surface area contributed by atoms with Gasteiger partial charge in [-0.05, 0) is 19.4 Å². The van der Waals surface area contributed by atoms with Crippen LogP contribution in [0.3, 0.4) is 0 Å². The van der Waals surface area contributed by atoms with Crippen LogP contribution in [-0.2, 0) is 13.1 Å². The van der Waals surface area contributed by atoms with Crippen molar-refractivity contribution in [2.45, 2.75) is 32.5 Å². The largest absolute Gasteiger partial charge is 0.494 e. The lowest BCUT2D eigenvalue weighted by Gasteiger charge is -2.41. The number of ether oxygens (including phenoxy) is 1. The van der Waals surface area contributed by atoms with E-state index in [0.29, 0.717) is 12.6 Å². The monoisotopic (exact) mass is 404 g/mol. The molecule has 6 nitrogen and oxygen atoms in total. The predicted molar refractivity (Wildman–Crippen MR) is 115 cm³/mol. The molecule has 0 saturated carbocycles. The Bertz CT molecular complexity index is 737. The minimum atomic E-state index is 0.216. The molecule has 1 fully saturated rings. The van der Waals surface area contributed by atoms with Crippen LogP contribution >= 0.6 is 11.3 Å². The van der Waals surface area contributed by atoms with Crippen molar-refractivity contribution >= 4 is 16.5 Å². The Balaban J connectivity index is 1.64. The average molecular weight is 405 g/mol. The number of aliphatic hydroxyl groups is 1. The van der Waals surface area contributed by atoms with E-state index >= 15 is 0 Å². The van der Waals surface area contributed by atoms with Gasteiger partial charge < -0.3 is 14.7 Å². The summed E-state index contributed by atoms with van der Waals surface area (Å²) in [6, 6.07) is 8.63. The number of hydrogen-bond donors (Lipinski definition) is 1. The molecule has 7 heteroatoms. The fourth-order valence-corrected chi connectivity index (χ4v) is 4.55. The number of thiazole rings is 1. The van der Waals surface area contributed by atoms with Crippen LogP contribution in [-0.4, -0.2) is 72.9 Å². The summed E-state index contributed by atoms with van der Waals surface area (Å²) in [6.07, 6.45) is 2.78. The van der Waals surface area contributed by atoms with Crippen molar-refractivity contribution < 1.29 is 9.84 Å². The van der Waals surface area contributed by atoms with Gasteiger partial charge in [0.05, 0.1) is 6.61 Å². The molecule has 0 bridgehead atoms. The van der Waals surface area contributed by atoms with Crippen molar-refractivity contribution in [3.63, 3.8) is 0 Å². The van der Waals surface area contributed by atoms with Gasteiger partial charge in [0.25, 0.3) is 0 Å². The van der Waals surface area contributed by atoms with Gasteiger partial charge in [0, 0.05) is 76.1 Å². The molecule has 1 aromatic carbocycles. The number of rotatable bonds is 9. The van der Waals surface area contributed by atoms with E-state index in [0.717, 1.165) is 50.0 Å². The molecule has 2 aromatic rings. The maximum Gasteiger partial charge on any atom is 0.185 e. The van der Waals surface area contributed by atoms with Crippen LogP contribution in [0.4, 0.5) is 5.13 Å². The molecule has 1 atom stereocenters. The third kappa shape index (κ3) is 5.44. The molecule has 1 aliphatic heterocycles. The van der Waals surface area contributed by atoms with Crippen LogP contribution < -0.4 is 9.64 Å². The first-order valence-corrected chi connectivity index (χ1v) is 10.8. The average Bonchev–Trinajstić information content (AvgIpc) is 3.15. The van der Waals surface area contributed by atoms with Gasteiger partial charge in [-0.25, -0.2) is 4.98 Å². The second-order valence-corrected chi connectivity index (χ2v) is 8.51. The lowest BCUT2D eigenvalue weighted by molar-refractivity contribution is 0.0498. The molecule has 0 spiro atoms. The Morgan fingerprint density at radius 3 is 2.79 bits per heavy atom. The standard InChI is InChI=1S/C21H32N4O2S/c1-4-27-20-8-6-5-7-17(20)14-25-11-10-24(15-18(25)9-12-26)16-19-13-22-21(28-19)23(2)3/h5-8,13,18,26H,4,9-12,14-16H2,1-3H3/t18-/m1/s1. The Morgan fingerprint density at radius 1 is 1.25 bits per heavy atom. The molecule has 1 aliphatic rings. The number of hydrogen-bond acceptors (Lipinski definition) is 7. The quantitative estimate of drug-likeness (QED) is 0.694. The molecule has 154 valence electrons. The van der Waals surface area contributed by atoms with Crippen LogP contribution in [0.2, 0.25) is 0 Å². The summed E-state index contributed by atoms with van der Waals surface area (Å²) in [5, 5.41) is 10.6. The van der Waals surface area contributed by atoms with Crippen LogP contribution in [0.5, 0.6) is 5.75 Å². The number of aromatic nitrogens is 1. The number of benzene rings is 1. The molecule has 0 amide bonds. The van der Waals surface area contributed by atoms with Gasteiger partial charge in [-0.15, -0.1) is 11.3 Å². The number of piperazine rings is 1. The topological polar surface area (TPSA) is 52.1 Å². The fraction of sp³-hybridized carbons (Fsp3) is 0.571. The zero-order valence-corrected chi connectivity index (χ0v) is 18.0. The Kier molecular flexibility index (Phi) is 7.67. The van der Waals surface area contributed by atoms with Gasteiger partial charge in [-0.1, -0.05) is 18.2 Å². The summed E-state index contributed by atoms with van der Waals surface area (Å²) in [7, 11) is 4.05. The van der Waals surface area contributed by atoms with E-state index in [1.54, 1.807) is 11.3 Å². The second-order valence-electron chi connectivity index (χ2n) is 7.42. The van der Waals surface area contributed by atoms with E-state index < -0.39 is 0 Å². The van der Waals surface area contributed by atoms with Crippen molar-refractivity contribution in [1.29, 1.82) is 0 Å². The summed E-state index contributed by atoms with van der Waals surface area (Å²) >= 11 is 1.75. The highest BCUT2D eigenvalue weighted by Gasteiger charge is 2.27. The van der Waals surface area contributed by atoms with Crippen molar-refractivity contribution in [2.75, 3.05) is 51.8 Å². The van der Waals surface area contributed by atoms with Gasteiger partial charge >= 0.3 is 0 Å². The summed E-state index contributed by atoms with van der Waals surface area (Å²) in [5.74, 6) is 0.969. The van der Waals surface area contributed by atoms with E-state index in [9.17, 15) is 5.11 Å². The number of aliphatic hydroxyl groups excluding tert-OH is 1. The highest BCUT2D eigenvalue weighted by molar-refractivity contribution is 7.15. The maximum atomic E-state index is 9.60. The van der Waals surface area contributed by atoms with Crippen LogP contribution in [0.15, 0.2) is 30.5 Å². The third-order valence-corrected chi connectivity index (χ3v) is 6.25. The van der Waals surface area contributed by atoms with Gasteiger partial charge in [0.1, 0.15) is 5.75 Å². The van der Waals surface area contributed by atoms with Gasteiger partial charge in [0.2, 0.25) is 0 Å². The van der Waals surface area contributed by atoms with E-state index in [1.807, 2.05) is 39.3 Å². The third-order valence-electron chi connectivity index (χ3n) is 5.10. The molecule has 0 radical (unpaired) electrons.